The van der Waals surface area contributed by atoms with E-state index in [1.807, 2.05) is 13.1 Å². The monoisotopic (exact) mass is 214 g/mol. The minimum absolute atomic E-state index is 0.721. The zero-order valence-corrected chi connectivity index (χ0v) is 9.74. The lowest BCUT2D eigenvalue weighted by Crippen LogP contribution is -2.17. The summed E-state index contributed by atoms with van der Waals surface area (Å²) in [4.78, 5) is 4.41. The van der Waals surface area contributed by atoms with Gasteiger partial charge in [0.25, 0.3) is 0 Å². The Morgan fingerprint density at radius 1 is 1.31 bits per heavy atom. The fraction of sp³-hybridized carbons (Fsp3) is 0.500. The molecule has 2 atom stereocenters. The van der Waals surface area contributed by atoms with Gasteiger partial charge in [-0.2, -0.15) is 0 Å². The van der Waals surface area contributed by atoms with E-state index >= 15 is 0 Å². The van der Waals surface area contributed by atoms with E-state index in [0.717, 1.165) is 24.1 Å². The molecule has 2 aliphatic rings. The first-order valence-corrected chi connectivity index (χ1v) is 6.18. The molecule has 1 aromatic rings. The molecule has 0 bridgehead atoms. The average Bonchev–Trinajstić information content (AvgIpc) is 2.78. The van der Waals surface area contributed by atoms with Gasteiger partial charge in [0, 0.05) is 24.4 Å². The third kappa shape index (κ3) is 1.67. The lowest BCUT2D eigenvalue weighted by molar-refractivity contribution is 0.454. The summed E-state index contributed by atoms with van der Waals surface area (Å²) in [6.45, 7) is 4.38. The lowest BCUT2D eigenvalue weighted by Gasteiger charge is -2.26. The van der Waals surface area contributed by atoms with Gasteiger partial charge in [-0.25, -0.2) is 0 Å². The maximum Gasteiger partial charge on any atom is 0.0373 e. The lowest BCUT2D eigenvalue weighted by atomic mass is 9.78. The van der Waals surface area contributed by atoms with Gasteiger partial charge >= 0.3 is 0 Å². The number of nitrogens with one attached hydrogen (secondary N) is 1. The van der Waals surface area contributed by atoms with Crippen LogP contribution in [0.1, 0.15) is 24.1 Å². The summed E-state index contributed by atoms with van der Waals surface area (Å²) in [5, 5.41) is 3.51. The molecular weight excluding hydrogens is 196 g/mol. The van der Waals surface area contributed by atoms with E-state index in [-0.39, 0.29) is 0 Å². The second-order valence-corrected chi connectivity index (χ2v) is 4.95. The molecule has 2 nitrogen and oxygen atoms in total. The number of rotatable bonds is 1. The van der Waals surface area contributed by atoms with Gasteiger partial charge in [-0.3, -0.25) is 4.98 Å². The second kappa shape index (κ2) is 4.02. The minimum Gasteiger partial charge on any atom is -0.316 e. The van der Waals surface area contributed by atoms with Crippen molar-refractivity contribution in [2.24, 2.45) is 11.8 Å². The Morgan fingerprint density at radius 3 is 3.06 bits per heavy atom. The van der Waals surface area contributed by atoms with Crippen LogP contribution >= 0.6 is 0 Å². The highest BCUT2D eigenvalue weighted by molar-refractivity contribution is 5.68. The normalized spacial score (nSPS) is 28.7. The molecular formula is C14H18N2. The van der Waals surface area contributed by atoms with Gasteiger partial charge in [-0.15, -0.1) is 0 Å². The van der Waals surface area contributed by atoms with Crippen molar-refractivity contribution in [1.29, 1.82) is 0 Å². The van der Waals surface area contributed by atoms with Crippen molar-refractivity contribution >= 4 is 5.57 Å². The summed E-state index contributed by atoms with van der Waals surface area (Å²) >= 11 is 0. The van der Waals surface area contributed by atoms with E-state index in [1.165, 1.54) is 30.5 Å². The van der Waals surface area contributed by atoms with Crippen LogP contribution in [0.2, 0.25) is 0 Å². The first kappa shape index (κ1) is 10.0. The first-order chi connectivity index (χ1) is 7.84. The number of nitrogens with zero attached hydrogens (tertiary/aromatic N) is 1. The molecule has 16 heavy (non-hydrogen) atoms. The van der Waals surface area contributed by atoms with Crippen LogP contribution in [-0.4, -0.2) is 18.1 Å². The number of hydrogen-bond donors (Lipinski definition) is 1. The van der Waals surface area contributed by atoms with Gasteiger partial charge < -0.3 is 5.32 Å². The van der Waals surface area contributed by atoms with E-state index in [1.54, 1.807) is 0 Å². The first-order valence-electron chi connectivity index (χ1n) is 6.18. The molecule has 2 heterocycles. The van der Waals surface area contributed by atoms with Crippen LogP contribution in [0.3, 0.4) is 0 Å². The van der Waals surface area contributed by atoms with Gasteiger partial charge in [0.15, 0.2) is 0 Å². The smallest absolute Gasteiger partial charge is 0.0373 e. The third-order valence-corrected chi connectivity index (χ3v) is 3.89. The molecule has 1 fully saturated rings. The van der Waals surface area contributed by atoms with Crippen LogP contribution in [0.15, 0.2) is 24.4 Å². The zero-order valence-electron chi connectivity index (χ0n) is 9.74. The Bertz CT molecular complexity index is 405. The number of pyridine rings is 1. The van der Waals surface area contributed by atoms with Gasteiger partial charge in [0.2, 0.25) is 0 Å². The van der Waals surface area contributed by atoms with Crippen LogP contribution in [0.4, 0.5) is 0 Å². The minimum atomic E-state index is 0.721. The largest absolute Gasteiger partial charge is 0.316 e. The van der Waals surface area contributed by atoms with Crippen molar-refractivity contribution in [2.45, 2.75) is 19.8 Å². The molecule has 1 aliphatic heterocycles. The molecule has 2 heteroatoms. The van der Waals surface area contributed by atoms with Crippen LogP contribution in [-0.2, 0) is 0 Å². The summed E-state index contributed by atoms with van der Waals surface area (Å²) in [5.41, 5.74) is 3.94. The molecule has 0 saturated carbocycles. The molecule has 1 aromatic heterocycles. The highest BCUT2D eigenvalue weighted by atomic mass is 14.9. The molecule has 1 aliphatic carbocycles. The van der Waals surface area contributed by atoms with E-state index in [4.69, 9.17) is 0 Å². The fourth-order valence-electron chi connectivity index (χ4n) is 2.98. The molecule has 0 amide bonds. The Balaban J connectivity index is 1.93. The standard InChI is InChI=1S/C14H18N2/c1-10-5-6-12(8-16-10)13-4-2-3-11-7-15-9-14(11)13/h4-6,8,11,14-15H,2-3,7,9H2,1H3/t11-,14+/m0/s1. The second-order valence-electron chi connectivity index (χ2n) is 4.95. The fourth-order valence-corrected chi connectivity index (χ4v) is 2.98. The van der Waals surface area contributed by atoms with Crippen molar-refractivity contribution in [1.82, 2.24) is 10.3 Å². The van der Waals surface area contributed by atoms with Crippen LogP contribution < -0.4 is 5.32 Å². The van der Waals surface area contributed by atoms with Crippen molar-refractivity contribution in [3.63, 3.8) is 0 Å². The van der Waals surface area contributed by atoms with Crippen LogP contribution in [0.5, 0.6) is 0 Å². The molecule has 3 rings (SSSR count). The quantitative estimate of drug-likeness (QED) is 0.776. The summed E-state index contributed by atoms with van der Waals surface area (Å²) in [6.07, 6.45) is 7.02. The van der Waals surface area contributed by atoms with Crippen molar-refractivity contribution in [2.75, 3.05) is 13.1 Å². The Labute approximate surface area is 96.8 Å². The SMILES string of the molecule is Cc1ccc(C2=CCC[C@H]3CNC[C@@H]23)cn1. The van der Waals surface area contributed by atoms with Crippen LogP contribution in [0, 0.1) is 18.8 Å². The van der Waals surface area contributed by atoms with Crippen molar-refractivity contribution in [3.05, 3.63) is 35.7 Å². The molecule has 0 aromatic carbocycles. The summed E-state index contributed by atoms with van der Waals surface area (Å²) in [6, 6.07) is 4.33. The Hall–Kier alpha value is -1.15. The highest BCUT2D eigenvalue weighted by Crippen LogP contribution is 2.38. The van der Waals surface area contributed by atoms with Gasteiger partial charge in [-0.1, -0.05) is 12.1 Å². The predicted molar refractivity (Wildman–Crippen MR) is 66.0 cm³/mol. The number of aryl methyl sites for hydroxylation is 1. The van der Waals surface area contributed by atoms with Gasteiger partial charge in [0.1, 0.15) is 0 Å². The summed E-state index contributed by atoms with van der Waals surface area (Å²) < 4.78 is 0. The molecule has 0 radical (unpaired) electrons. The number of aromatic nitrogens is 1. The van der Waals surface area contributed by atoms with Gasteiger partial charge in [0.05, 0.1) is 0 Å². The van der Waals surface area contributed by atoms with Gasteiger partial charge in [-0.05, 0) is 49.4 Å². The number of allylic oxidation sites excluding steroid dienone is 1. The third-order valence-electron chi connectivity index (χ3n) is 3.89. The average molecular weight is 214 g/mol. The molecule has 1 N–H and O–H groups in total. The molecule has 0 spiro atoms. The van der Waals surface area contributed by atoms with E-state index in [0.29, 0.717) is 0 Å². The molecule has 1 saturated heterocycles. The van der Waals surface area contributed by atoms with Crippen LogP contribution in [0.25, 0.3) is 5.57 Å². The van der Waals surface area contributed by atoms with Crippen molar-refractivity contribution < 1.29 is 0 Å². The molecule has 84 valence electrons. The van der Waals surface area contributed by atoms with E-state index < -0.39 is 0 Å². The van der Waals surface area contributed by atoms with Crippen molar-refractivity contribution in [3.8, 4) is 0 Å². The zero-order chi connectivity index (χ0) is 11.0. The van der Waals surface area contributed by atoms with E-state index in [9.17, 15) is 0 Å². The summed E-state index contributed by atoms with van der Waals surface area (Å²) in [7, 11) is 0. The Morgan fingerprint density at radius 2 is 2.25 bits per heavy atom. The maximum atomic E-state index is 4.41. The number of fused-ring (bicyclic) bond motifs is 1. The summed E-state index contributed by atoms with van der Waals surface area (Å²) in [5.74, 6) is 1.57. The molecule has 0 unspecified atom stereocenters. The topological polar surface area (TPSA) is 24.9 Å². The highest BCUT2D eigenvalue weighted by Gasteiger charge is 2.32. The predicted octanol–water partition coefficient (Wildman–Crippen LogP) is 2.40. The number of hydrogen-bond acceptors (Lipinski definition) is 2. The Kier molecular flexibility index (Phi) is 2.52. The van der Waals surface area contributed by atoms with E-state index in [2.05, 4.69) is 28.5 Å². The maximum absolute atomic E-state index is 4.41.